The fourth-order valence-corrected chi connectivity index (χ4v) is 3.11. The highest BCUT2D eigenvalue weighted by atomic mass is 32.2. The molecule has 0 bridgehead atoms. The van der Waals surface area contributed by atoms with E-state index in [9.17, 15) is 13.2 Å². The van der Waals surface area contributed by atoms with E-state index in [1.807, 2.05) is 0 Å². The zero-order valence-electron chi connectivity index (χ0n) is 11.5. The normalized spacial score (nSPS) is 12.6. The molecule has 0 fully saturated rings. The lowest BCUT2D eigenvalue weighted by Crippen LogP contribution is -2.27. The minimum Gasteiger partial charge on any atom is -0.478 e. The second-order valence-electron chi connectivity index (χ2n) is 5.64. The lowest BCUT2D eigenvalue weighted by atomic mass is 10.1. The molecule has 20 heavy (non-hydrogen) atoms. The van der Waals surface area contributed by atoms with E-state index in [4.69, 9.17) is 5.11 Å². The van der Waals surface area contributed by atoms with Crippen molar-refractivity contribution in [1.82, 2.24) is 0 Å². The quantitative estimate of drug-likeness (QED) is 0.923. The highest BCUT2D eigenvalue weighted by Gasteiger charge is 2.30. The van der Waals surface area contributed by atoms with E-state index in [-0.39, 0.29) is 10.5 Å². The summed E-state index contributed by atoms with van der Waals surface area (Å²) in [7, 11) is -3.41. The van der Waals surface area contributed by atoms with Gasteiger partial charge < -0.3 is 5.11 Å². The smallest absolute Gasteiger partial charge is 0.335 e. The predicted octanol–water partition coefficient (Wildman–Crippen LogP) is 3.11. The van der Waals surface area contributed by atoms with Crippen molar-refractivity contribution in [3.05, 3.63) is 42.0 Å². The first-order valence-corrected chi connectivity index (χ1v) is 7.63. The summed E-state index contributed by atoms with van der Waals surface area (Å²) < 4.78 is 23.9. The molecule has 5 heteroatoms. The number of hydrogen-bond acceptors (Lipinski definition) is 3. The van der Waals surface area contributed by atoms with Crippen molar-refractivity contribution in [2.24, 2.45) is 0 Å². The van der Waals surface area contributed by atoms with Gasteiger partial charge in [-0.2, -0.15) is 0 Å². The van der Waals surface area contributed by atoms with E-state index in [0.717, 1.165) is 0 Å². The van der Waals surface area contributed by atoms with Crippen LogP contribution in [-0.4, -0.2) is 24.2 Å². The number of hydrogen-bond donors (Lipinski definition) is 1. The molecule has 106 valence electrons. The number of rotatable bonds is 2. The third kappa shape index (κ3) is 2.41. The number of carboxylic acid groups (broad SMARTS) is 1. The van der Waals surface area contributed by atoms with Gasteiger partial charge in [0.25, 0.3) is 0 Å². The summed E-state index contributed by atoms with van der Waals surface area (Å²) in [5.41, 5.74) is 0.184. The van der Waals surface area contributed by atoms with Crippen LogP contribution in [0.1, 0.15) is 31.1 Å². The van der Waals surface area contributed by atoms with Gasteiger partial charge in [0.2, 0.25) is 0 Å². The Kier molecular flexibility index (Phi) is 3.34. The largest absolute Gasteiger partial charge is 0.478 e. The van der Waals surface area contributed by atoms with Gasteiger partial charge in [-0.05, 0) is 55.8 Å². The predicted molar refractivity (Wildman–Crippen MR) is 77.8 cm³/mol. The standard InChI is InChI=1S/C15H16O4S/c1-15(2,3)20(18,19)13-7-6-10-8-12(14(16)17)5-4-11(10)9-13/h4-9H,1-3H3,(H,16,17). The molecule has 0 aliphatic carbocycles. The van der Waals surface area contributed by atoms with Crippen molar-refractivity contribution in [2.75, 3.05) is 0 Å². The first kappa shape index (κ1) is 14.5. The highest BCUT2D eigenvalue weighted by Crippen LogP contribution is 2.28. The monoisotopic (exact) mass is 292 g/mol. The van der Waals surface area contributed by atoms with E-state index in [2.05, 4.69) is 0 Å². The number of carboxylic acids is 1. The Hall–Kier alpha value is -1.88. The van der Waals surface area contributed by atoms with Crippen LogP contribution in [0.3, 0.4) is 0 Å². The van der Waals surface area contributed by atoms with Crippen LogP contribution >= 0.6 is 0 Å². The molecule has 0 aromatic heterocycles. The maximum atomic E-state index is 12.4. The number of sulfone groups is 1. The van der Waals surface area contributed by atoms with Crippen LogP contribution in [0.15, 0.2) is 41.3 Å². The summed E-state index contributed by atoms with van der Waals surface area (Å²) in [4.78, 5) is 11.2. The van der Waals surface area contributed by atoms with Crippen LogP contribution in [0, 0.1) is 0 Å². The first-order chi connectivity index (χ1) is 9.13. The molecule has 2 aromatic carbocycles. The minimum atomic E-state index is -3.41. The van der Waals surface area contributed by atoms with Gasteiger partial charge in [-0.15, -0.1) is 0 Å². The Bertz CT molecular complexity index is 783. The number of carbonyl (C=O) groups is 1. The third-order valence-corrected chi connectivity index (χ3v) is 5.66. The van der Waals surface area contributed by atoms with Gasteiger partial charge in [-0.3, -0.25) is 0 Å². The Balaban J connectivity index is 2.62. The Morgan fingerprint density at radius 1 is 1.00 bits per heavy atom. The second-order valence-corrected chi connectivity index (χ2v) is 8.35. The van der Waals surface area contributed by atoms with Crippen LogP contribution in [-0.2, 0) is 9.84 Å². The van der Waals surface area contributed by atoms with Gasteiger partial charge in [0, 0.05) is 0 Å². The second kappa shape index (κ2) is 4.59. The van der Waals surface area contributed by atoms with Crippen LogP contribution in [0.25, 0.3) is 10.8 Å². The molecule has 0 aliphatic heterocycles. The van der Waals surface area contributed by atoms with Gasteiger partial charge in [-0.1, -0.05) is 12.1 Å². The molecular formula is C15H16O4S. The zero-order valence-corrected chi connectivity index (χ0v) is 12.4. The average molecular weight is 292 g/mol. The van der Waals surface area contributed by atoms with Gasteiger partial charge in [0.15, 0.2) is 9.84 Å². The van der Waals surface area contributed by atoms with Crippen molar-refractivity contribution in [3.63, 3.8) is 0 Å². The van der Waals surface area contributed by atoms with Crippen LogP contribution in [0.5, 0.6) is 0 Å². The van der Waals surface area contributed by atoms with E-state index in [1.165, 1.54) is 18.2 Å². The molecule has 0 atom stereocenters. The van der Waals surface area contributed by atoms with E-state index in [1.54, 1.807) is 39.0 Å². The van der Waals surface area contributed by atoms with Gasteiger partial charge in [0.1, 0.15) is 0 Å². The minimum absolute atomic E-state index is 0.184. The lowest BCUT2D eigenvalue weighted by Gasteiger charge is -2.19. The number of benzene rings is 2. The average Bonchev–Trinajstić information content (AvgIpc) is 2.36. The van der Waals surface area contributed by atoms with E-state index < -0.39 is 20.6 Å². The summed E-state index contributed by atoms with van der Waals surface area (Å²) in [5, 5.41) is 10.4. The Morgan fingerprint density at radius 3 is 2.10 bits per heavy atom. The SMILES string of the molecule is CC(C)(C)S(=O)(=O)c1ccc2cc(C(=O)O)ccc2c1. The van der Waals surface area contributed by atoms with Crippen LogP contribution < -0.4 is 0 Å². The maximum Gasteiger partial charge on any atom is 0.335 e. The molecule has 4 nitrogen and oxygen atoms in total. The van der Waals surface area contributed by atoms with Crippen molar-refractivity contribution in [3.8, 4) is 0 Å². The molecule has 0 saturated carbocycles. The lowest BCUT2D eigenvalue weighted by molar-refractivity contribution is 0.0697. The number of aromatic carboxylic acids is 1. The molecule has 0 aliphatic rings. The molecule has 0 amide bonds. The molecular weight excluding hydrogens is 276 g/mol. The molecule has 1 N–H and O–H groups in total. The molecule has 0 unspecified atom stereocenters. The van der Waals surface area contributed by atoms with Gasteiger partial charge in [0.05, 0.1) is 15.2 Å². The molecule has 0 heterocycles. The molecule has 0 saturated heterocycles. The molecule has 0 radical (unpaired) electrons. The summed E-state index contributed by atoms with van der Waals surface area (Å²) in [6.07, 6.45) is 0. The topological polar surface area (TPSA) is 71.4 Å². The molecule has 2 aromatic rings. The van der Waals surface area contributed by atoms with Crippen molar-refractivity contribution >= 4 is 26.6 Å². The Labute approximate surface area is 118 Å². The number of fused-ring (bicyclic) bond motifs is 1. The summed E-state index contributed by atoms with van der Waals surface area (Å²) in [6.45, 7) is 4.96. The molecule has 2 rings (SSSR count). The van der Waals surface area contributed by atoms with Crippen LogP contribution in [0.2, 0.25) is 0 Å². The Morgan fingerprint density at radius 2 is 1.55 bits per heavy atom. The van der Waals surface area contributed by atoms with Crippen molar-refractivity contribution in [1.29, 1.82) is 0 Å². The van der Waals surface area contributed by atoms with E-state index >= 15 is 0 Å². The van der Waals surface area contributed by atoms with Crippen molar-refractivity contribution in [2.45, 2.75) is 30.4 Å². The van der Waals surface area contributed by atoms with Crippen molar-refractivity contribution < 1.29 is 18.3 Å². The summed E-state index contributed by atoms with van der Waals surface area (Å²) >= 11 is 0. The van der Waals surface area contributed by atoms with Gasteiger partial charge in [-0.25, -0.2) is 13.2 Å². The van der Waals surface area contributed by atoms with E-state index in [0.29, 0.717) is 10.8 Å². The van der Waals surface area contributed by atoms with Gasteiger partial charge >= 0.3 is 5.97 Å². The summed E-state index contributed by atoms with van der Waals surface area (Å²) in [5.74, 6) is -1.00. The fraction of sp³-hybridized carbons (Fsp3) is 0.267. The summed E-state index contributed by atoms with van der Waals surface area (Å²) in [6, 6.07) is 9.38. The molecule has 0 spiro atoms. The maximum absolute atomic E-state index is 12.4. The fourth-order valence-electron chi connectivity index (χ4n) is 1.88. The first-order valence-electron chi connectivity index (χ1n) is 6.15. The van der Waals surface area contributed by atoms with Crippen LogP contribution in [0.4, 0.5) is 0 Å². The zero-order chi connectivity index (χ0) is 15.1. The third-order valence-electron chi connectivity index (χ3n) is 3.18. The highest BCUT2D eigenvalue weighted by molar-refractivity contribution is 7.92.